The third-order valence-corrected chi connectivity index (χ3v) is 3.80. The number of carbonyl (C=O) groups is 3. The number of rotatable bonds is 10. The lowest BCUT2D eigenvalue weighted by Gasteiger charge is -2.17. The number of hydrogen-bond acceptors (Lipinski definition) is 4. The van der Waals surface area contributed by atoms with E-state index in [4.69, 9.17) is 10.3 Å². The van der Waals surface area contributed by atoms with Gasteiger partial charge in [-0.25, -0.2) is 4.79 Å². The van der Waals surface area contributed by atoms with E-state index in [1.54, 1.807) is 20.8 Å². The molecule has 1 aromatic rings. The number of esters is 1. The van der Waals surface area contributed by atoms with E-state index in [9.17, 15) is 14.4 Å². The van der Waals surface area contributed by atoms with Gasteiger partial charge in [0.15, 0.2) is 0 Å². The number of ketones is 2. The number of unbranched alkanes of at least 4 members (excludes halogenated alkanes) is 1. The van der Waals surface area contributed by atoms with Crippen molar-refractivity contribution in [3.63, 3.8) is 0 Å². The van der Waals surface area contributed by atoms with Crippen molar-refractivity contribution in [3.05, 3.63) is 47.0 Å². The summed E-state index contributed by atoms with van der Waals surface area (Å²) >= 11 is 0. The van der Waals surface area contributed by atoms with Crippen molar-refractivity contribution in [1.82, 2.24) is 0 Å². The molecule has 0 aromatic heterocycles. The molecule has 150 valence electrons. The maximum atomic E-state index is 12.0. The maximum absolute atomic E-state index is 12.0. The standard InChI is InChI=1S/C22H28N2O4/c1-16-10-12-17(13-11-16)8-6-5-7-9-18(25)14-15-19(26)20(24-23)21(27)28-22(2,3)4/h6,8,10-13H,5,7,9,14-15H2,1-4H3/b8-6+. The van der Waals surface area contributed by atoms with Crippen LogP contribution < -0.4 is 0 Å². The predicted molar refractivity (Wildman–Crippen MR) is 108 cm³/mol. The first-order valence-electron chi connectivity index (χ1n) is 9.36. The Morgan fingerprint density at radius 2 is 1.71 bits per heavy atom. The van der Waals surface area contributed by atoms with Crippen LogP contribution in [0.1, 0.15) is 64.0 Å². The van der Waals surface area contributed by atoms with Crippen LogP contribution in [0.3, 0.4) is 0 Å². The van der Waals surface area contributed by atoms with Gasteiger partial charge in [0.1, 0.15) is 11.4 Å². The normalized spacial score (nSPS) is 11.1. The van der Waals surface area contributed by atoms with Crippen LogP contribution in [0.2, 0.25) is 0 Å². The summed E-state index contributed by atoms with van der Waals surface area (Å²) in [6.45, 7) is 6.95. The molecule has 0 bridgehead atoms. The zero-order valence-corrected chi connectivity index (χ0v) is 17.0. The number of ether oxygens (including phenoxy) is 1. The van der Waals surface area contributed by atoms with Gasteiger partial charge in [-0.05, 0) is 46.1 Å². The van der Waals surface area contributed by atoms with Gasteiger partial charge in [-0.1, -0.05) is 42.0 Å². The summed E-state index contributed by atoms with van der Waals surface area (Å²) in [5.74, 6) is -1.77. The van der Waals surface area contributed by atoms with E-state index >= 15 is 0 Å². The molecule has 0 fully saturated rings. The zero-order chi connectivity index (χ0) is 21.2. The molecule has 0 saturated carbocycles. The Morgan fingerprint density at radius 3 is 2.29 bits per heavy atom. The third-order valence-electron chi connectivity index (χ3n) is 3.80. The average molecular weight is 384 g/mol. The highest BCUT2D eigenvalue weighted by Crippen LogP contribution is 2.10. The fourth-order valence-electron chi connectivity index (χ4n) is 2.35. The molecule has 6 heteroatoms. The number of hydrogen-bond donors (Lipinski definition) is 0. The molecule has 1 aromatic carbocycles. The van der Waals surface area contributed by atoms with Crippen LogP contribution >= 0.6 is 0 Å². The van der Waals surface area contributed by atoms with Gasteiger partial charge in [0, 0.05) is 19.3 Å². The lowest BCUT2D eigenvalue weighted by atomic mass is 10.0. The van der Waals surface area contributed by atoms with Crippen LogP contribution in [0.5, 0.6) is 0 Å². The Morgan fingerprint density at radius 1 is 1.07 bits per heavy atom. The molecule has 0 amide bonds. The molecular weight excluding hydrogens is 356 g/mol. The summed E-state index contributed by atoms with van der Waals surface area (Å²) in [5, 5.41) is 0. The first kappa shape index (κ1) is 23.2. The number of benzene rings is 1. The molecule has 0 atom stereocenters. The average Bonchev–Trinajstić information content (AvgIpc) is 2.60. The molecule has 1 rings (SSSR count). The second-order valence-electron chi connectivity index (χ2n) is 7.62. The second-order valence-corrected chi connectivity index (χ2v) is 7.62. The van der Waals surface area contributed by atoms with E-state index in [0.29, 0.717) is 12.8 Å². The van der Waals surface area contributed by atoms with Crippen LogP contribution in [0.4, 0.5) is 0 Å². The van der Waals surface area contributed by atoms with Crippen molar-refractivity contribution in [2.75, 3.05) is 0 Å². The van der Waals surface area contributed by atoms with Crippen LogP contribution in [-0.2, 0) is 19.1 Å². The first-order chi connectivity index (χ1) is 13.1. The van der Waals surface area contributed by atoms with Gasteiger partial charge in [-0.2, -0.15) is 4.79 Å². The molecule has 0 heterocycles. The number of nitrogens with zero attached hydrogens (tertiary/aromatic N) is 2. The minimum atomic E-state index is -0.992. The minimum absolute atomic E-state index is 0.00231. The number of Topliss-reactive ketones (excluding diaryl/α,β-unsaturated/α-hetero) is 2. The van der Waals surface area contributed by atoms with E-state index in [-0.39, 0.29) is 18.6 Å². The van der Waals surface area contributed by atoms with Gasteiger partial charge in [0.2, 0.25) is 0 Å². The van der Waals surface area contributed by atoms with Gasteiger partial charge in [0.25, 0.3) is 5.78 Å². The van der Waals surface area contributed by atoms with Gasteiger partial charge >= 0.3 is 11.7 Å². The summed E-state index contributed by atoms with van der Waals surface area (Å²) < 4.78 is 5.01. The van der Waals surface area contributed by atoms with Crippen molar-refractivity contribution in [2.24, 2.45) is 0 Å². The number of aryl methyl sites for hydroxylation is 1. The van der Waals surface area contributed by atoms with Crippen LogP contribution in [-0.4, -0.2) is 33.6 Å². The third kappa shape index (κ3) is 9.19. The lowest BCUT2D eigenvalue weighted by Crippen LogP contribution is -2.34. The van der Waals surface area contributed by atoms with Gasteiger partial charge in [0.05, 0.1) is 0 Å². The molecule has 28 heavy (non-hydrogen) atoms. The zero-order valence-electron chi connectivity index (χ0n) is 17.0. The van der Waals surface area contributed by atoms with E-state index < -0.39 is 23.1 Å². The summed E-state index contributed by atoms with van der Waals surface area (Å²) in [6, 6.07) is 8.16. The second kappa shape index (κ2) is 11.1. The quantitative estimate of drug-likeness (QED) is 0.151. The topological polar surface area (TPSA) is 96.8 Å². The highest BCUT2D eigenvalue weighted by Gasteiger charge is 2.33. The number of allylic oxidation sites excluding steroid dienone is 1. The summed E-state index contributed by atoms with van der Waals surface area (Å²) in [5.41, 5.74) is 9.74. The van der Waals surface area contributed by atoms with Crippen LogP contribution in [0, 0.1) is 6.92 Å². The van der Waals surface area contributed by atoms with Gasteiger partial charge in [-0.3, -0.25) is 9.59 Å². The monoisotopic (exact) mass is 384 g/mol. The van der Waals surface area contributed by atoms with E-state index in [1.807, 2.05) is 43.3 Å². The highest BCUT2D eigenvalue weighted by atomic mass is 16.6. The van der Waals surface area contributed by atoms with Crippen molar-refractivity contribution >= 4 is 29.3 Å². The molecule has 0 unspecified atom stereocenters. The molecule has 0 N–H and O–H groups in total. The fourth-order valence-corrected chi connectivity index (χ4v) is 2.35. The largest absolute Gasteiger partial charge is 0.451 e. The van der Waals surface area contributed by atoms with Crippen molar-refractivity contribution in [1.29, 1.82) is 0 Å². The Labute approximate surface area is 166 Å². The number of carbonyl (C=O) groups excluding carboxylic acids is 3. The molecule has 0 spiro atoms. The van der Waals surface area contributed by atoms with E-state index in [0.717, 1.165) is 12.0 Å². The van der Waals surface area contributed by atoms with Crippen molar-refractivity contribution < 1.29 is 23.9 Å². The molecule has 0 aliphatic rings. The van der Waals surface area contributed by atoms with Crippen LogP contribution in [0.25, 0.3) is 11.6 Å². The van der Waals surface area contributed by atoms with Crippen LogP contribution in [0.15, 0.2) is 30.3 Å². The molecule has 6 nitrogen and oxygen atoms in total. The molecule has 0 radical (unpaired) electrons. The summed E-state index contributed by atoms with van der Waals surface area (Å²) in [4.78, 5) is 38.5. The molecular formula is C22H28N2O4. The Hall–Kier alpha value is -2.85. The molecule has 0 saturated heterocycles. The fraction of sp³-hybridized carbons (Fsp3) is 0.455. The summed E-state index contributed by atoms with van der Waals surface area (Å²) in [7, 11) is 0. The van der Waals surface area contributed by atoms with E-state index in [2.05, 4.69) is 4.79 Å². The SMILES string of the molecule is Cc1ccc(/C=C/CCCC(=O)CCC(=O)C(=[N+]=[N-])C(=O)OC(C)(C)C)cc1. The smallest absolute Gasteiger partial charge is 0.441 e. The van der Waals surface area contributed by atoms with Gasteiger partial charge < -0.3 is 10.3 Å². The van der Waals surface area contributed by atoms with Gasteiger partial charge in [-0.15, -0.1) is 0 Å². The highest BCUT2D eigenvalue weighted by molar-refractivity contribution is 6.62. The van der Waals surface area contributed by atoms with Crippen molar-refractivity contribution in [3.8, 4) is 0 Å². The Balaban J connectivity index is 2.35. The lowest BCUT2D eigenvalue weighted by molar-refractivity contribution is -0.152. The van der Waals surface area contributed by atoms with Crippen molar-refractivity contribution in [2.45, 2.75) is 65.4 Å². The molecule has 0 aliphatic carbocycles. The Bertz CT molecular complexity index is 780. The van der Waals surface area contributed by atoms with E-state index in [1.165, 1.54) is 5.56 Å². The first-order valence-corrected chi connectivity index (χ1v) is 9.36. The molecule has 0 aliphatic heterocycles. The predicted octanol–water partition coefficient (Wildman–Crippen LogP) is 4.11. The maximum Gasteiger partial charge on any atom is 0.441 e. The minimum Gasteiger partial charge on any atom is -0.451 e. The summed E-state index contributed by atoms with van der Waals surface area (Å²) in [6.07, 6.45) is 5.64. The Kier molecular flexibility index (Phi) is 9.19.